The Labute approximate surface area is 87.2 Å². The van der Waals surface area contributed by atoms with Crippen molar-refractivity contribution in [3.8, 4) is 0 Å². The van der Waals surface area contributed by atoms with Crippen LogP contribution in [0.2, 0.25) is 0 Å². The monoisotopic (exact) mass is 205 g/mol. The standard InChI is InChI=1S/C11H11NO3/c13-10(9-6-7-15-11(9)14)12-8-4-2-1-3-5-8/h1-5,9H,6-7H2,(H,12,13)/t9-/m0/s1. The molecule has 4 nitrogen and oxygen atoms in total. The molecule has 1 aliphatic heterocycles. The number of benzene rings is 1. The SMILES string of the molecule is O=C(Nc1ccccc1)[C@@H]1CCOC1=O. The molecule has 1 amide bonds. The Morgan fingerprint density at radius 2 is 2.07 bits per heavy atom. The number of esters is 1. The van der Waals surface area contributed by atoms with Gasteiger partial charge in [0.25, 0.3) is 0 Å². The maximum Gasteiger partial charge on any atom is 0.318 e. The molecule has 0 bridgehead atoms. The van der Waals surface area contributed by atoms with Gasteiger partial charge < -0.3 is 10.1 Å². The Kier molecular flexibility index (Phi) is 2.67. The van der Waals surface area contributed by atoms with Crippen LogP contribution in [0.25, 0.3) is 0 Å². The lowest BCUT2D eigenvalue weighted by molar-refractivity contribution is -0.143. The minimum absolute atomic E-state index is 0.288. The summed E-state index contributed by atoms with van der Waals surface area (Å²) in [6, 6.07) is 9.06. The van der Waals surface area contributed by atoms with Crippen molar-refractivity contribution in [2.45, 2.75) is 6.42 Å². The maximum atomic E-state index is 11.6. The smallest absolute Gasteiger partial charge is 0.318 e. The van der Waals surface area contributed by atoms with Crippen LogP contribution in [-0.4, -0.2) is 18.5 Å². The number of cyclic esters (lactones) is 1. The summed E-state index contributed by atoms with van der Waals surface area (Å²) in [6.07, 6.45) is 0.470. The van der Waals surface area contributed by atoms with Crippen LogP contribution in [0, 0.1) is 5.92 Å². The number of ether oxygens (including phenoxy) is 1. The maximum absolute atomic E-state index is 11.6. The van der Waals surface area contributed by atoms with Gasteiger partial charge in [0.2, 0.25) is 5.91 Å². The molecular weight excluding hydrogens is 194 g/mol. The molecule has 78 valence electrons. The minimum Gasteiger partial charge on any atom is -0.465 e. The van der Waals surface area contributed by atoms with Gasteiger partial charge in [0.15, 0.2) is 0 Å². The number of amides is 1. The Morgan fingerprint density at radius 3 is 2.67 bits per heavy atom. The molecular formula is C11H11NO3. The molecule has 0 spiro atoms. The number of carbonyl (C=O) groups is 2. The van der Waals surface area contributed by atoms with Crippen molar-refractivity contribution in [1.29, 1.82) is 0 Å². The summed E-state index contributed by atoms with van der Waals surface area (Å²) in [7, 11) is 0. The zero-order valence-corrected chi connectivity index (χ0v) is 8.10. The minimum atomic E-state index is -0.648. The molecule has 1 atom stereocenters. The summed E-state index contributed by atoms with van der Waals surface area (Å²) in [4.78, 5) is 22.7. The molecule has 0 radical (unpaired) electrons. The number of carbonyl (C=O) groups excluding carboxylic acids is 2. The van der Waals surface area contributed by atoms with Crippen molar-refractivity contribution in [2.75, 3.05) is 11.9 Å². The third-order valence-corrected chi connectivity index (χ3v) is 2.29. The summed E-state index contributed by atoms with van der Waals surface area (Å²) in [6.45, 7) is 0.339. The Bertz CT molecular complexity index is 375. The van der Waals surface area contributed by atoms with Gasteiger partial charge in [-0.25, -0.2) is 0 Å². The molecule has 1 N–H and O–H groups in total. The van der Waals surface area contributed by atoms with Crippen LogP contribution in [0.5, 0.6) is 0 Å². The molecule has 1 aliphatic rings. The van der Waals surface area contributed by atoms with Gasteiger partial charge in [0.05, 0.1) is 6.61 Å². The number of hydrogen-bond acceptors (Lipinski definition) is 3. The van der Waals surface area contributed by atoms with Crippen LogP contribution in [-0.2, 0) is 14.3 Å². The topological polar surface area (TPSA) is 55.4 Å². The molecule has 0 aromatic heterocycles. The number of para-hydroxylation sites is 1. The van der Waals surface area contributed by atoms with Crippen LogP contribution >= 0.6 is 0 Å². The highest BCUT2D eigenvalue weighted by molar-refractivity contribution is 6.05. The van der Waals surface area contributed by atoms with Gasteiger partial charge in [-0.3, -0.25) is 9.59 Å². The quantitative estimate of drug-likeness (QED) is 0.582. The highest BCUT2D eigenvalue weighted by Gasteiger charge is 2.33. The first-order valence-corrected chi connectivity index (χ1v) is 4.80. The fourth-order valence-electron chi connectivity index (χ4n) is 1.48. The Morgan fingerprint density at radius 1 is 1.33 bits per heavy atom. The Hall–Kier alpha value is -1.84. The summed E-state index contributed by atoms with van der Waals surface area (Å²) < 4.78 is 4.72. The molecule has 1 aromatic rings. The van der Waals surface area contributed by atoms with E-state index < -0.39 is 11.9 Å². The van der Waals surface area contributed by atoms with Crippen LogP contribution in [0.3, 0.4) is 0 Å². The average Bonchev–Trinajstić information content (AvgIpc) is 2.66. The van der Waals surface area contributed by atoms with Gasteiger partial charge >= 0.3 is 5.97 Å². The molecule has 1 aromatic carbocycles. The number of rotatable bonds is 2. The van der Waals surface area contributed by atoms with Gasteiger partial charge in [0.1, 0.15) is 5.92 Å². The Balaban J connectivity index is 2.01. The third kappa shape index (κ3) is 2.15. The van der Waals surface area contributed by atoms with Gasteiger partial charge in [-0.2, -0.15) is 0 Å². The van der Waals surface area contributed by atoms with E-state index in [-0.39, 0.29) is 5.91 Å². The average molecular weight is 205 g/mol. The lowest BCUT2D eigenvalue weighted by Gasteiger charge is -2.07. The molecule has 1 fully saturated rings. The fourth-order valence-corrected chi connectivity index (χ4v) is 1.48. The first-order chi connectivity index (χ1) is 7.27. The fraction of sp³-hybridized carbons (Fsp3) is 0.273. The van der Waals surface area contributed by atoms with Crippen molar-refractivity contribution >= 4 is 17.6 Å². The van der Waals surface area contributed by atoms with Gasteiger partial charge in [-0.1, -0.05) is 18.2 Å². The largest absolute Gasteiger partial charge is 0.465 e. The molecule has 2 rings (SSSR count). The van der Waals surface area contributed by atoms with E-state index in [1.807, 2.05) is 18.2 Å². The van der Waals surface area contributed by atoms with E-state index in [9.17, 15) is 9.59 Å². The van der Waals surface area contributed by atoms with Crippen molar-refractivity contribution < 1.29 is 14.3 Å². The van der Waals surface area contributed by atoms with E-state index in [2.05, 4.69) is 5.32 Å². The molecule has 1 heterocycles. The lowest BCUT2D eigenvalue weighted by Crippen LogP contribution is -2.26. The van der Waals surface area contributed by atoms with Crippen molar-refractivity contribution in [3.63, 3.8) is 0 Å². The number of nitrogens with one attached hydrogen (secondary N) is 1. The zero-order valence-electron chi connectivity index (χ0n) is 8.10. The van der Waals surface area contributed by atoms with Gasteiger partial charge in [-0.15, -0.1) is 0 Å². The molecule has 0 saturated carbocycles. The van der Waals surface area contributed by atoms with E-state index in [0.717, 1.165) is 0 Å². The highest BCUT2D eigenvalue weighted by atomic mass is 16.5. The second kappa shape index (κ2) is 4.13. The van der Waals surface area contributed by atoms with Crippen molar-refractivity contribution in [3.05, 3.63) is 30.3 Å². The third-order valence-electron chi connectivity index (χ3n) is 2.29. The number of hydrogen-bond donors (Lipinski definition) is 1. The normalized spacial score (nSPS) is 19.7. The van der Waals surface area contributed by atoms with Crippen molar-refractivity contribution in [2.24, 2.45) is 5.92 Å². The van der Waals surface area contributed by atoms with Gasteiger partial charge in [-0.05, 0) is 12.1 Å². The van der Waals surface area contributed by atoms with E-state index >= 15 is 0 Å². The van der Waals surface area contributed by atoms with E-state index in [1.165, 1.54) is 0 Å². The van der Waals surface area contributed by atoms with Crippen LogP contribution < -0.4 is 5.32 Å². The second-order valence-corrected chi connectivity index (χ2v) is 3.36. The molecule has 0 unspecified atom stereocenters. The summed E-state index contributed by atoms with van der Waals surface area (Å²) in [5.41, 5.74) is 0.696. The van der Waals surface area contributed by atoms with Crippen LogP contribution in [0.1, 0.15) is 6.42 Å². The first-order valence-electron chi connectivity index (χ1n) is 4.80. The zero-order chi connectivity index (χ0) is 10.7. The van der Waals surface area contributed by atoms with E-state index in [4.69, 9.17) is 4.74 Å². The summed E-state index contributed by atoms with van der Waals surface area (Å²) in [5.74, 6) is -1.36. The first kappa shape index (κ1) is 9.71. The molecule has 15 heavy (non-hydrogen) atoms. The molecule has 1 saturated heterocycles. The predicted octanol–water partition coefficient (Wildman–Crippen LogP) is 1.19. The summed E-state index contributed by atoms with van der Waals surface area (Å²) >= 11 is 0. The molecule has 0 aliphatic carbocycles. The van der Waals surface area contributed by atoms with Crippen LogP contribution in [0.4, 0.5) is 5.69 Å². The lowest BCUT2D eigenvalue weighted by atomic mass is 10.1. The van der Waals surface area contributed by atoms with Crippen LogP contribution in [0.15, 0.2) is 30.3 Å². The van der Waals surface area contributed by atoms with E-state index in [0.29, 0.717) is 18.7 Å². The summed E-state index contributed by atoms with van der Waals surface area (Å²) in [5, 5.41) is 2.67. The van der Waals surface area contributed by atoms with Crippen molar-refractivity contribution in [1.82, 2.24) is 0 Å². The predicted molar refractivity (Wildman–Crippen MR) is 54.1 cm³/mol. The molecule has 4 heteroatoms. The second-order valence-electron chi connectivity index (χ2n) is 3.36. The highest BCUT2D eigenvalue weighted by Crippen LogP contribution is 2.16. The van der Waals surface area contributed by atoms with Gasteiger partial charge in [0, 0.05) is 12.1 Å². The number of anilines is 1. The van der Waals surface area contributed by atoms with E-state index in [1.54, 1.807) is 12.1 Å².